The molecule has 1 amide bonds. The fourth-order valence-electron chi connectivity index (χ4n) is 2.48. The maximum atomic E-state index is 13.0. The summed E-state index contributed by atoms with van der Waals surface area (Å²) in [5, 5.41) is 5.17. The van der Waals surface area contributed by atoms with Crippen molar-refractivity contribution >= 4 is 34.7 Å². The van der Waals surface area contributed by atoms with E-state index in [-0.39, 0.29) is 11.4 Å². The molecule has 0 atom stereocenters. The van der Waals surface area contributed by atoms with Gasteiger partial charge in [0.25, 0.3) is 0 Å². The molecular weight excluding hydrogens is 405 g/mol. The molecule has 3 nitrogen and oxygen atoms in total. The van der Waals surface area contributed by atoms with E-state index < -0.39 is 17.6 Å². The van der Waals surface area contributed by atoms with Gasteiger partial charge in [-0.05, 0) is 19.1 Å². The van der Waals surface area contributed by atoms with E-state index in [2.05, 4.69) is 10.3 Å². The Bertz CT molecular complexity index is 953. The fourth-order valence-corrected chi connectivity index (χ4v) is 4.12. The van der Waals surface area contributed by atoms with Crippen LogP contribution >= 0.6 is 23.1 Å². The fraction of sp³-hybridized carbons (Fsp3) is 0.200. The summed E-state index contributed by atoms with van der Waals surface area (Å²) in [5.74, 6) is 0.0796. The molecule has 0 radical (unpaired) electrons. The number of anilines is 1. The molecule has 3 aromatic rings. The van der Waals surface area contributed by atoms with Gasteiger partial charge in [0.1, 0.15) is 5.01 Å². The van der Waals surface area contributed by atoms with Crippen LogP contribution in [0.1, 0.15) is 16.8 Å². The zero-order valence-corrected chi connectivity index (χ0v) is 16.5. The summed E-state index contributed by atoms with van der Waals surface area (Å²) in [5.41, 5.74) is 1.98. The Morgan fingerprint density at radius 3 is 2.57 bits per heavy atom. The van der Waals surface area contributed by atoms with Gasteiger partial charge in [-0.3, -0.25) is 4.79 Å². The Hall–Kier alpha value is -2.32. The number of carbonyl (C=O) groups is 1. The highest BCUT2D eigenvalue weighted by Crippen LogP contribution is 2.34. The van der Waals surface area contributed by atoms with Gasteiger partial charge in [0.15, 0.2) is 0 Å². The molecule has 0 aliphatic rings. The average molecular weight is 422 g/mol. The number of thioether (sulfide) groups is 1. The third-order valence-corrected chi connectivity index (χ3v) is 5.75. The number of thiazole rings is 1. The average Bonchev–Trinajstić information content (AvgIpc) is 3.11. The molecule has 0 spiro atoms. The van der Waals surface area contributed by atoms with E-state index in [9.17, 15) is 18.0 Å². The lowest BCUT2D eigenvalue weighted by Gasteiger charge is -2.13. The number of hydrogen-bond donors (Lipinski definition) is 1. The number of alkyl halides is 3. The Balaban J connectivity index is 1.53. The van der Waals surface area contributed by atoms with E-state index in [0.717, 1.165) is 22.3 Å². The molecule has 8 heteroatoms. The van der Waals surface area contributed by atoms with Crippen molar-refractivity contribution in [2.45, 2.75) is 18.9 Å². The van der Waals surface area contributed by atoms with Crippen molar-refractivity contribution in [3.63, 3.8) is 0 Å². The molecule has 1 aromatic heterocycles. The van der Waals surface area contributed by atoms with Crippen molar-refractivity contribution in [3.05, 3.63) is 70.7 Å². The van der Waals surface area contributed by atoms with E-state index in [4.69, 9.17) is 0 Å². The highest BCUT2D eigenvalue weighted by molar-refractivity contribution is 7.99. The Labute approximate surface area is 169 Å². The van der Waals surface area contributed by atoms with Crippen LogP contribution < -0.4 is 5.32 Å². The number of benzene rings is 2. The van der Waals surface area contributed by atoms with Crippen LogP contribution in [-0.2, 0) is 16.7 Å². The second-order valence-electron chi connectivity index (χ2n) is 6.09. The number of nitrogens with zero attached hydrogens (tertiary/aromatic N) is 1. The normalized spacial score (nSPS) is 11.4. The third kappa shape index (κ3) is 5.36. The standard InChI is InChI=1S/C20H17F3N2OS2/c1-13-6-8-14(9-7-13)19-24-15(11-28-19)10-27-12-18(26)25-17-5-3-2-4-16(17)20(21,22)23/h2-9,11H,10,12H2,1H3,(H,25,26). The number of para-hydroxylation sites is 1. The van der Waals surface area contributed by atoms with Crippen LogP contribution in [0.25, 0.3) is 10.6 Å². The first-order valence-corrected chi connectivity index (χ1v) is 10.4. The second kappa shape index (κ2) is 8.79. The first-order valence-electron chi connectivity index (χ1n) is 8.38. The molecule has 0 unspecified atom stereocenters. The summed E-state index contributed by atoms with van der Waals surface area (Å²) < 4.78 is 38.9. The molecule has 1 N–H and O–H groups in total. The first-order chi connectivity index (χ1) is 13.3. The Morgan fingerprint density at radius 2 is 1.86 bits per heavy atom. The van der Waals surface area contributed by atoms with Gasteiger partial charge in [0, 0.05) is 16.7 Å². The second-order valence-corrected chi connectivity index (χ2v) is 7.94. The number of halogens is 3. The molecular formula is C20H17F3N2OS2. The molecule has 0 bridgehead atoms. The van der Waals surface area contributed by atoms with E-state index >= 15 is 0 Å². The highest BCUT2D eigenvalue weighted by Gasteiger charge is 2.33. The maximum absolute atomic E-state index is 13.0. The number of aryl methyl sites for hydroxylation is 1. The van der Waals surface area contributed by atoms with Crippen LogP contribution in [0.3, 0.4) is 0 Å². The van der Waals surface area contributed by atoms with Crippen LogP contribution in [0.15, 0.2) is 53.9 Å². The third-order valence-electron chi connectivity index (χ3n) is 3.84. The van der Waals surface area contributed by atoms with Gasteiger partial charge < -0.3 is 5.32 Å². The number of hydrogen-bond acceptors (Lipinski definition) is 4. The monoisotopic (exact) mass is 422 g/mol. The van der Waals surface area contributed by atoms with Gasteiger partial charge in [-0.25, -0.2) is 4.98 Å². The van der Waals surface area contributed by atoms with Gasteiger partial charge in [-0.1, -0.05) is 42.0 Å². The summed E-state index contributed by atoms with van der Waals surface area (Å²) in [6.45, 7) is 2.02. The van der Waals surface area contributed by atoms with Crippen molar-refractivity contribution in [2.75, 3.05) is 11.1 Å². The summed E-state index contributed by atoms with van der Waals surface area (Å²) in [7, 11) is 0. The van der Waals surface area contributed by atoms with Gasteiger partial charge in [-0.2, -0.15) is 13.2 Å². The van der Waals surface area contributed by atoms with E-state index in [0.29, 0.717) is 5.75 Å². The van der Waals surface area contributed by atoms with Crippen molar-refractivity contribution in [2.24, 2.45) is 0 Å². The van der Waals surface area contributed by atoms with Crippen LogP contribution in [-0.4, -0.2) is 16.6 Å². The van der Waals surface area contributed by atoms with Crippen molar-refractivity contribution in [1.29, 1.82) is 0 Å². The summed E-state index contributed by atoms with van der Waals surface area (Å²) in [6, 6.07) is 13.0. The number of rotatable bonds is 6. The predicted molar refractivity (Wildman–Crippen MR) is 109 cm³/mol. The molecule has 3 rings (SSSR count). The minimum Gasteiger partial charge on any atom is -0.325 e. The molecule has 0 fully saturated rings. The minimum absolute atomic E-state index is 0.0452. The van der Waals surface area contributed by atoms with Crippen LogP contribution in [0.4, 0.5) is 18.9 Å². The molecule has 0 saturated heterocycles. The number of amides is 1. The van der Waals surface area contributed by atoms with Crippen LogP contribution in [0.5, 0.6) is 0 Å². The maximum Gasteiger partial charge on any atom is 0.418 e. The summed E-state index contributed by atoms with van der Waals surface area (Å²) in [4.78, 5) is 16.6. The Kier molecular flexibility index (Phi) is 6.41. The largest absolute Gasteiger partial charge is 0.418 e. The summed E-state index contributed by atoms with van der Waals surface area (Å²) in [6.07, 6.45) is -4.51. The predicted octanol–water partition coefficient (Wildman–Crippen LogP) is 6.01. The first kappa shape index (κ1) is 20.4. The number of carbonyl (C=O) groups excluding carboxylic acids is 1. The Morgan fingerprint density at radius 1 is 1.14 bits per heavy atom. The molecule has 0 aliphatic carbocycles. The molecule has 146 valence electrons. The molecule has 2 aromatic carbocycles. The van der Waals surface area contributed by atoms with Gasteiger partial charge in [0.05, 0.1) is 22.7 Å². The van der Waals surface area contributed by atoms with E-state index in [1.807, 2.05) is 36.6 Å². The molecule has 1 heterocycles. The van der Waals surface area contributed by atoms with Gasteiger partial charge in [0.2, 0.25) is 5.91 Å². The quantitative estimate of drug-likeness (QED) is 0.529. The van der Waals surface area contributed by atoms with Gasteiger partial charge in [-0.15, -0.1) is 23.1 Å². The van der Waals surface area contributed by atoms with Crippen LogP contribution in [0, 0.1) is 6.92 Å². The SMILES string of the molecule is Cc1ccc(-c2nc(CSCC(=O)Nc3ccccc3C(F)(F)F)cs2)cc1. The minimum atomic E-state index is -4.51. The lowest BCUT2D eigenvalue weighted by molar-refractivity contribution is -0.137. The zero-order chi connectivity index (χ0) is 20.1. The van der Waals surface area contributed by atoms with E-state index in [1.54, 1.807) is 0 Å². The molecule has 0 aliphatic heterocycles. The van der Waals surface area contributed by atoms with E-state index in [1.165, 1.54) is 46.9 Å². The lowest BCUT2D eigenvalue weighted by atomic mass is 10.1. The topological polar surface area (TPSA) is 42.0 Å². The number of nitrogens with one attached hydrogen (secondary N) is 1. The number of aromatic nitrogens is 1. The molecule has 0 saturated carbocycles. The van der Waals surface area contributed by atoms with Gasteiger partial charge >= 0.3 is 6.18 Å². The smallest absolute Gasteiger partial charge is 0.325 e. The lowest BCUT2D eigenvalue weighted by Crippen LogP contribution is -2.18. The highest BCUT2D eigenvalue weighted by atomic mass is 32.2. The summed E-state index contributed by atoms with van der Waals surface area (Å²) >= 11 is 2.83. The van der Waals surface area contributed by atoms with Crippen LogP contribution in [0.2, 0.25) is 0 Å². The van der Waals surface area contributed by atoms with Crippen molar-refractivity contribution < 1.29 is 18.0 Å². The zero-order valence-electron chi connectivity index (χ0n) is 14.9. The molecule has 28 heavy (non-hydrogen) atoms. The van der Waals surface area contributed by atoms with Crippen molar-refractivity contribution in [1.82, 2.24) is 4.98 Å². The van der Waals surface area contributed by atoms with Crippen molar-refractivity contribution in [3.8, 4) is 10.6 Å².